The average Bonchev–Trinajstić information content (AvgIpc) is 2.42. The van der Waals surface area contributed by atoms with Gasteiger partial charge in [-0.3, -0.25) is 0 Å². The molecule has 1 unspecified atom stereocenters. The summed E-state index contributed by atoms with van der Waals surface area (Å²) in [6.45, 7) is 3.93. The smallest absolute Gasteiger partial charge is 0.127 e. The molecule has 2 heteroatoms. The highest BCUT2D eigenvalue weighted by molar-refractivity contribution is 5.35. The molecule has 0 radical (unpaired) electrons. The second kappa shape index (κ2) is 6.39. The van der Waals surface area contributed by atoms with E-state index in [1.165, 1.54) is 5.56 Å². The number of rotatable bonds is 5. The van der Waals surface area contributed by atoms with Gasteiger partial charge in [-0.1, -0.05) is 37.6 Å². The van der Waals surface area contributed by atoms with Crippen molar-refractivity contribution in [3.8, 4) is 11.5 Å². The summed E-state index contributed by atoms with van der Waals surface area (Å²) < 4.78 is 5.76. The largest absolute Gasteiger partial charge is 0.457 e. The highest BCUT2D eigenvalue weighted by Gasteiger charge is 2.02. The van der Waals surface area contributed by atoms with Gasteiger partial charge >= 0.3 is 0 Å². The van der Waals surface area contributed by atoms with E-state index >= 15 is 0 Å². The predicted octanol–water partition coefficient (Wildman–Crippen LogP) is 4.48. The van der Waals surface area contributed by atoms with Crippen LogP contribution >= 0.6 is 0 Å². The normalized spacial score (nSPS) is 12.2. The van der Waals surface area contributed by atoms with Crippen LogP contribution < -0.4 is 4.74 Å². The second-order valence-corrected chi connectivity index (χ2v) is 4.74. The van der Waals surface area contributed by atoms with E-state index < -0.39 is 6.10 Å². The quantitative estimate of drug-likeness (QED) is 0.854. The van der Waals surface area contributed by atoms with E-state index in [0.717, 1.165) is 29.9 Å². The molecule has 0 aromatic heterocycles. The summed E-state index contributed by atoms with van der Waals surface area (Å²) in [4.78, 5) is 0. The van der Waals surface area contributed by atoms with Crippen molar-refractivity contribution in [2.75, 3.05) is 0 Å². The highest BCUT2D eigenvalue weighted by Crippen LogP contribution is 2.23. The van der Waals surface area contributed by atoms with Crippen molar-refractivity contribution >= 4 is 0 Å². The molecule has 1 atom stereocenters. The summed E-state index contributed by atoms with van der Waals surface area (Å²) in [5.41, 5.74) is 2.23. The lowest BCUT2D eigenvalue weighted by Crippen LogP contribution is -1.91. The van der Waals surface area contributed by atoms with E-state index in [0.29, 0.717) is 0 Å². The molecule has 2 nitrogen and oxygen atoms in total. The van der Waals surface area contributed by atoms with Gasteiger partial charge in [-0.05, 0) is 48.7 Å². The van der Waals surface area contributed by atoms with Gasteiger partial charge in [0.15, 0.2) is 0 Å². The minimum Gasteiger partial charge on any atom is -0.457 e. The summed E-state index contributed by atoms with van der Waals surface area (Å²) >= 11 is 0. The van der Waals surface area contributed by atoms with Crippen molar-refractivity contribution in [1.82, 2.24) is 0 Å². The monoisotopic (exact) mass is 256 g/mol. The Kier molecular flexibility index (Phi) is 4.58. The predicted molar refractivity (Wildman–Crippen MR) is 77.6 cm³/mol. The van der Waals surface area contributed by atoms with Crippen LogP contribution in [-0.4, -0.2) is 5.11 Å². The maximum atomic E-state index is 9.44. The molecule has 19 heavy (non-hydrogen) atoms. The first-order valence-corrected chi connectivity index (χ1v) is 6.74. The molecular formula is C17H20O2. The van der Waals surface area contributed by atoms with Crippen LogP contribution in [0.2, 0.25) is 0 Å². The molecule has 1 N–H and O–H groups in total. The Balaban J connectivity index is 2.04. The molecule has 0 aliphatic rings. The highest BCUT2D eigenvalue weighted by atomic mass is 16.5. The molecule has 0 saturated carbocycles. The number of benzene rings is 2. The van der Waals surface area contributed by atoms with Crippen molar-refractivity contribution < 1.29 is 9.84 Å². The molecule has 2 rings (SSSR count). The Labute approximate surface area is 114 Å². The number of aliphatic hydroxyl groups excluding tert-OH is 1. The summed E-state index contributed by atoms with van der Waals surface area (Å²) in [5, 5.41) is 9.44. The summed E-state index contributed by atoms with van der Waals surface area (Å²) in [5.74, 6) is 1.62. The van der Waals surface area contributed by atoms with Gasteiger partial charge in [0.05, 0.1) is 6.10 Å². The maximum Gasteiger partial charge on any atom is 0.127 e. The van der Waals surface area contributed by atoms with Crippen LogP contribution in [-0.2, 0) is 6.42 Å². The molecule has 0 aliphatic heterocycles. The van der Waals surface area contributed by atoms with E-state index in [4.69, 9.17) is 4.74 Å². The Hall–Kier alpha value is -1.80. The van der Waals surface area contributed by atoms with E-state index in [1.807, 2.05) is 36.4 Å². The summed E-state index contributed by atoms with van der Waals surface area (Å²) in [7, 11) is 0. The van der Waals surface area contributed by atoms with Gasteiger partial charge in [0.1, 0.15) is 11.5 Å². The molecule has 2 aromatic rings. The van der Waals surface area contributed by atoms with Gasteiger partial charge in [-0.15, -0.1) is 0 Å². The van der Waals surface area contributed by atoms with Crippen LogP contribution in [0, 0.1) is 0 Å². The van der Waals surface area contributed by atoms with Crippen molar-refractivity contribution in [3.63, 3.8) is 0 Å². The van der Waals surface area contributed by atoms with Crippen molar-refractivity contribution in [1.29, 1.82) is 0 Å². The first kappa shape index (κ1) is 13.6. The third kappa shape index (κ3) is 3.83. The van der Waals surface area contributed by atoms with Crippen molar-refractivity contribution in [3.05, 3.63) is 59.7 Å². The summed E-state index contributed by atoms with van der Waals surface area (Å²) in [6, 6.07) is 15.7. The molecule has 0 heterocycles. The van der Waals surface area contributed by atoms with Crippen LogP contribution in [0.4, 0.5) is 0 Å². The SMILES string of the molecule is CCCc1ccc(Oc2ccc(C(C)O)cc2)cc1. The number of hydrogen-bond acceptors (Lipinski definition) is 2. The van der Waals surface area contributed by atoms with Crippen LogP contribution in [0.1, 0.15) is 37.5 Å². The average molecular weight is 256 g/mol. The van der Waals surface area contributed by atoms with E-state index in [2.05, 4.69) is 19.1 Å². The lowest BCUT2D eigenvalue weighted by Gasteiger charge is -2.08. The fourth-order valence-electron chi connectivity index (χ4n) is 1.96. The first-order chi connectivity index (χ1) is 9.19. The van der Waals surface area contributed by atoms with Crippen molar-refractivity contribution in [2.24, 2.45) is 0 Å². The fourth-order valence-corrected chi connectivity index (χ4v) is 1.96. The van der Waals surface area contributed by atoms with Gasteiger partial charge in [0.2, 0.25) is 0 Å². The third-order valence-corrected chi connectivity index (χ3v) is 3.06. The molecular weight excluding hydrogens is 236 g/mol. The van der Waals surface area contributed by atoms with Crippen LogP contribution in [0.15, 0.2) is 48.5 Å². The summed E-state index contributed by atoms with van der Waals surface area (Å²) in [6.07, 6.45) is 1.81. The number of aliphatic hydroxyl groups is 1. The zero-order valence-electron chi connectivity index (χ0n) is 11.5. The Bertz CT molecular complexity index is 498. The number of hydrogen-bond donors (Lipinski definition) is 1. The van der Waals surface area contributed by atoms with Crippen LogP contribution in [0.5, 0.6) is 11.5 Å². The first-order valence-electron chi connectivity index (χ1n) is 6.74. The topological polar surface area (TPSA) is 29.5 Å². The van der Waals surface area contributed by atoms with E-state index in [1.54, 1.807) is 6.92 Å². The fraction of sp³-hybridized carbons (Fsp3) is 0.294. The van der Waals surface area contributed by atoms with Crippen molar-refractivity contribution in [2.45, 2.75) is 32.8 Å². The number of ether oxygens (including phenoxy) is 1. The van der Waals surface area contributed by atoms with E-state index in [-0.39, 0.29) is 0 Å². The lowest BCUT2D eigenvalue weighted by atomic mass is 10.1. The molecule has 0 amide bonds. The zero-order chi connectivity index (χ0) is 13.7. The Morgan fingerprint density at radius 1 is 0.947 bits per heavy atom. The molecule has 0 spiro atoms. The molecule has 0 fully saturated rings. The Morgan fingerprint density at radius 2 is 1.47 bits per heavy atom. The van der Waals surface area contributed by atoms with Gasteiger partial charge in [0, 0.05) is 0 Å². The molecule has 0 bridgehead atoms. The minimum atomic E-state index is -0.442. The number of aryl methyl sites for hydroxylation is 1. The molecule has 2 aromatic carbocycles. The molecule has 0 aliphatic carbocycles. The Morgan fingerprint density at radius 3 is 1.95 bits per heavy atom. The maximum absolute atomic E-state index is 9.44. The van der Waals surface area contributed by atoms with Gasteiger partial charge < -0.3 is 9.84 Å². The van der Waals surface area contributed by atoms with Gasteiger partial charge in [-0.2, -0.15) is 0 Å². The van der Waals surface area contributed by atoms with Gasteiger partial charge in [0.25, 0.3) is 0 Å². The molecule has 0 saturated heterocycles. The standard InChI is InChI=1S/C17H20O2/c1-3-4-14-5-9-16(10-6-14)19-17-11-7-15(8-12-17)13(2)18/h5-13,18H,3-4H2,1-2H3. The van der Waals surface area contributed by atoms with Crippen LogP contribution in [0.25, 0.3) is 0 Å². The van der Waals surface area contributed by atoms with E-state index in [9.17, 15) is 5.11 Å². The zero-order valence-corrected chi connectivity index (χ0v) is 11.5. The molecule has 100 valence electrons. The van der Waals surface area contributed by atoms with Crippen LogP contribution in [0.3, 0.4) is 0 Å². The second-order valence-electron chi connectivity index (χ2n) is 4.74. The minimum absolute atomic E-state index is 0.442. The van der Waals surface area contributed by atoms with Gasteiger partial charge in [-0.25, -0.2) is 0 Å². The lowest BCUT2D eigenvalue weighted by molar-refractivity contribution is 0.199. The third-order valence-electron chi connectivity index (χ3n) is 3.06.